The second-order valence-electron chi connectivity index (χ2n) is 3.93. The minimum atomic E-state index is -0.0678. The normalized spacial score (nSPS) is 28.2. The maximum absolute atomic E-state index is 6.21. The molecule has 1 fully saturated rings. The van der Waals surface area contributed by atoms with Gasteiger partial charge in [0.2, 0.25) is 0 Å². The van der Waals surface area contributed by atoms with Crippen molar-refractivity contribution < 1.29 is 9.15 Å². The van der Waals surface area contributed by atoms with E-state index in [0.717, 1.165) is 29.7 Å². The zero-order valence-electron chi connectivity index (χ0n) is 8.78. The first-order valence-electron chi connectivity index (χ1n) is 5.34. The van der Waals surface area contributed by atoms with Gasteiger partial charge in [0, 0.05) is 12.5 Å². The van der Waals surface area contributed by atoms with Crippen LogP contribution in [0.1, 0.15) is 31.6 Å². The third kappa shape index (κ3) is 2.12. The molecule has 0 saturated carbocycles. The summed E-state index contributed by atoms with van der Waals surface area (Å²) in [5, 5.41) is 0. The number of hydrogen-bond donors (Lipinski definition) is 1. The van der Waals surface area contributed by atoms with Gasteiger partial charge in [-0.3, -0.25) is 0 Å². The van der Waals surface area contributed by atoms with Crippen molar-refractivity contribution in [3.63, 3.8) is 0 Å². The van der Waals surface area contributed by atoms with Crippen LogP contribution in [0.5, 0.6) is 0 Å². The van der Waals surface area contributed by atoms with Crippen LogP contribution in [0.15, 0.2) is 21.2 Å². The average Bonchev–Trinajstić information content (AvgIpc) is 2.84. The Bertz CT molecular complexity index is 326. The van der Waals surface area contributed by atoms with Crippen molar-refractivity contribution in [3.05, 3.63) is 22.6 Å². The first-order valence-corrected chi connectivity index (χ1v) is 6.13. The predicted molar refractivity (Wildman–Crippen MR) is 61.5 cm³/mol. The van der Waals surface area contributed by atoms with Gasteiger partial charge >= 0.3 is 0 Å². The molecule has 3 atom stereocenters. The molecule has 2 heterocycles. The van der Waals surface area contributed by atoms with E-state index in [1.807, 2.05) is 6.07 Å². The summed E-state index contributed by atoms with van der Waals surface area (Å²) in [7, 11) is 0. The van der Waals surface area contributed by atoms with Crippen molar-refractivity contribution in [3.8, 4) is 0 Å². The Morgan fingerprint density at radius 3 is 3.07 bits per heavy atom. The molecule has 15 heavy (non-hydrogen) atoms. The van der Waals surface area contributed by atoms with Crippen LogP contribution >= 0.6 is 15.9 Å². The fraction of sp³-hybridized carbons (Fsp3) is 0.636. The van der Waals surface area contributed by atoms with Gasteiger partial charge in [-0.1, -0.05) is 6.92 Å². The number of ether oxygens (including phenoxy) is 1. The summed E-state index contributed by atoms with van der Waals surface area (Å²) < 4.78 is 12.0. The van der Waals surface area contributed by atoms with Crippen LogP contribution in [0, 0.1) is 5.92 Å². The van der Waals surface area contributed by atoms with Gasteiger partial charge in [0.1, 0.15) is 5.76 Å². The maximum Gasteiger partial charge on any atom is 0.134 e. The molecular formula is C11H16BrNO2. The Morgan fingerprint density at radius 2 is 2.47 bits per heavy atom. The van der Waals surface area contributed by atoms with Gasteiger partial charge in [0.25, 0.3) is 0 Å². The van der Waals surface area contributed by atoms with Crippen LogP contribution in [0.25, 0.3) is 0 Å². The molecule has 2 N–H and O–H groups in total. The highest BCUT2D eigenvalue weighted by Crippen LogP contribution is 2.36. The van der Waals surface area contributed by atoms with E-state index in [-0.39, 0.29) is 12.1 Å². The summed E-state index contributed by atoms with van der Waals surface area (Å²) in [4.78, 5) is 0. The minimum absolute atomic E-state index is 0.0678. The van der Waals surface area contributed by atoms with Crippen molar-refractivity contribution >= 4 is 15.9 Å². The Kier molecular flexibility index (Phi) is 3.49. The van der Waals surface area contributed by atoms with E-state index in [4.69, 9.17) is 14.9 Å². The summed E-state index contributed by atoms with van der Waals surface area (Å²) >= 11 is 3.44. The van der Waals surface area contributed by atoms with E-state index in [1.165, 1.54) is 0 Å². The van der Waals surface area contributed by atoms with Crippen molar-refractivity contribution in [2.45, 2.75) is 31.9 Å². The maximum atomic E-state index is 6.21. The van der Waals surface area contributed by atoms with E-state index in [9.17, 15) is 0 Å². The first-order chi connectivity index (χ1) is 7.24. The van der Waals surface area contributed by atoms with E-state index in [1.54, 1.807) is 6.26 Å². The van der Waals surface area contributed by atoms with Gasteiger partial charge in [-0.15, -0.1) is 0 Å². The summed E-state index contributed by atoms with van der Waals surface area (Å²) in [5.41, 5.74) is 6.21. The van der Waals surface area contributed by atoms with Crippen molar-refractivity contribution in [2.24, 2.45) is 11.7 Å². The molecule has 0 aliphatic carbocycles. The highest BCUT2D eigenvalue weighted by molar-refractivity contribution is 9.10. The molecule has 1 saturated heterocycles. The molecule has 0 aromatic carbocycles. The molecule has 1 aliphatic heterocycles. The van der Waals surface area contributed by atoms with Crippen LogP contribution in [-0.2, 0) is 4.74 Å². The fourth-order valence-corrected chi connectivity index (χ4v) is 2.70. The Morgan fingerprint density at radius 1 is 1.67 bits per heavy atom. The molecule has 1 aliphatic rings. The van der Waals surface area contributed by atoms with Crippen LogP contribution in [0.3, 0.4) is 0 Å². The zero-order chi connectivity index (χ0) is 10.8. The van der Waals surface area contributed by atoms with Gasteiger partial charge in [-0.05, 0) is 34.8 Å². The molecular weight excluding hydrogens is 258 g/mol. The molecule has 3 nitrogen and oxygen atoms in total. The lowest BCUT2D eigenvalue weighted by molar-refractivity contribution is 0.0792. The summed E-state index contributed by atoms with van der Waals surface area (Å²) in [5.74, 6) is 1.21. The Labute approximate surface area is 98.1 Å². The average molecular weight is 274 g/mol. The number of halogens is 1. The molecule has 1 aromatic heterocycles. The molecule has 84 valence electrons. The second-order valence-corrected chi connectivity index (χ2v) is 4.78. The lowest BCUT2D eigenvalue weighted by Gasteiger charge is -2.22. The summed E-state index contributed by atoms with van der Waals surface area (Å²) in [6.07, 6.45) is 3.97. The minimum Gasteiger partial charge on any atom is -0.466 e. The molecule has 0 bridgehead atoms. The molecule has 3 unspecified atom stereocenters. The van der Waals surface area contributed by atoms with Gasteiger partial charge in [0.15, 0.2) is 0 Å². The molecule has 0 amide bonds. The van der Waals surface area contributed by atoms with Crippen molar-refractivity contribution in [2.75, 3.05) is 6.61 Å². The Balaban J connectivity index is 2.13. The second kappa shape index (κ2) is 4.68. The van der Waals surface area contributed by atoms with E-state index in [2.05, 4.69) is 22.9 Å². The largest absolute Gasteiger partial charge is 0.466 e. The number of furan rings is 1. The monoisotopic (exact) mass is 273 g/mol. The lowest BCUT2D eigenvalue weighted by Crippen LogP contribution is -2.27. The number of hydrogen-bond acceptors (Lipinski definition) is 3. The molecule has 4 heteroatoms. The molecule has 1 aromatic rings. The van der Waals surface area contributed by atoms with Gasteiger partial charge in [-0.2, -0.15) is 0 Å². The molecule has 0 spiro atoms. The predicted octanol–water partition coefficient (Wildman–Crippen LogP) is 2.86. The van der Waals surface area contributed by atoms with E-state index in [0.29, 0.717) is 5.92 Å². The van der Waals surface area contributed by atoms with Crippen LogP contribution in [0.4, 0.5) is 0 Å². The highest BCUT2D eigenvalue weighted by atomic mass is 79.9. The van der Waals surface area contributed by atoms with Crippen LogP contribution in [-0.4, -0.2) is 12.7 Å². The smallest absolute Gasteiger partial charge is 0.134 e. The van der Waals surface area contributed by atoms with Crippen LogP contribution < -0.4 is 5.73 Å². The van der Waals surface area contributed by atoms with Crippen LogP contribution in [0.2, 0.25) is 0 Å². The third-order valence-corrected chi connectivity index (χ3v) is 3.73. The summed E-state index contributed by atoms with van der Waals surface area (Å²) in [6.45, 7) is 2.95. The first kappa shape index (κ1) is 11.2. The zero-order valence-corrected chi connectivity index (χ0v) is 10.4. The Hall–Kier alpha value is -0.320. The lowest BCUT2D eigenvalue weighted by atomic mass is 9.90. The standard InChI is InChI=1S/C11H16BrNO2/c1-2-9-7(3-5-14-9)10(13)11-8(12)4-6-15-11/h4,6-7,9-10H,2-3,5,13H2,1H3. The molecule has 2 rings (SSSR count). The van der Waals surface area contributed by atoms with E-state index >= 15 is 0 Å². The highest BCUT2D eigenvalue weighted by Gasteiger charge is 2.34. The van der Waals surface area contributed by atoms with Crippen molar-refractivity contribution in [1.82, 2.24) is 0 Å². The van der Waals surface area contributed by atoms with E-state index < -0.39 is 0 Å². The topological polar surface area (TPSA) is 48.4 Å². The number of rotatable bonds is 3. The fourth-order valence-electron chi connectivity index (χ4n) is 2.23. The van der Waals surface area contributed by atoms with Gasteiger partial charge < -0.3 is 14.9 Å². The molecule has 0 radical (unpaired) electrons. The summed E-state index contributed by atoms with van der Waals surface area (Å²) in [6, 6.07) is 1.81. The van der Waals surface area contributed by atoms with Gasteiger partial charge in [-0.25, -0.2) is 0 Å². The van der Waals surface area contributed by atoms with Crippen molar-refractivity contribution in [1.29, 1.82) is 0 Å². The third-order valence-electron chi connectivity index (χ3n) is 3.07. The number of nitrogens with two attached hydrogens (primary N) is 1. The quantitative estimate of drug-likeness (QED) is 0.922. The van der Waals surface area contributed by atoms with Gasteiger partial charge in [0.05, 0.1) is 22.9 Å². The SMILES string of the molecule is CCC1OCCC1C(N)c1occc1Br.